The molecule has 1 amide bonds. The zero-order valence-corrected chi connectivity index (χ0v) is 22.2. The molecule has 0 atom stereocenters. The molecule has 0 aliphatic carbocycles. The first-order valence-corrected chi connectivity index (χ1v) is 12.8. The molecule has 42 heavy (non-hydrogen) atoms. The second-order valence-electron chi connectivity index (χ2n) is 9.43. The van der Waals surface area contributed by atoms with Gasteiger partial charge in [0.25, 0.3) is 5.91 Å². The number of aromatic nitrogens is 4. The maximum atomic E-state index is 13.8. The number of ether oxygens (including phenoxy) is 1. The predicted octanol–water partition coefficient (Wildman–Crippen LogP) is 4.36. The Morgan fingerprint density at radius 3 is 2.45 bits per heavy atom. The van der Waals surface area contributed by atoms with Crippen LogP contribution < -0.4 is 4.90 Å². The molecular formula is C29H25F3N6O4. The van der Waals surface area contributed by atoms with E-state index in [1.807, 2.05) is 4.90 Å². The molecule has 2 aromatic carbocycles. The molecule has 0 radical (unpaired) electrons. The summed E-state index contributed by atoms with van der Waals surface area (Å²) in [4.78, 5) is 28.6. The molecule has 1 aliphatic rings. The number of benzene rings is 2. The van der Waals surface area contributed by atoms with Crippen molar-refractivity contribution in [2.75, 3.05) is 37.7 Å². The van der Waals surface area contributed by atoms with E-state index in [1.54, 1.807) is 18.2 Å². The average Bonchev–Trinajstić information content (AvgIpc) is 3.50. The fourth-order valence-electron chi connectivity index (χ4n) is 4.46. The number of carbonyl (C=O) groups is 2. The summed E-state index contributed by atoms with van der Waals surface area (Å²) in [6.07, 6.45) is -0.251. The molecule has 4 aromatic rings. The molecule has 1 N–H and O–H groups in total. The van der Waals surface area contributed by atoms with E-state index in [0.29, 0.717) is 30.0 Å². The number of anilines is 1. The average molecular weight is 579 g/mol. The second kappa shape index (κ2) is 11.7. The highest BCUT2D eigenvalue weighted by Crippen LogP contribution is 2.33. The molecular weight excluding hydrogens is 553 g/mol. The molecule has 13 heteroatoms. The zero-order chi connectivity index (χ0) is 29.9. The third-order valence-corrected chi connectivity index (χ3v) is 6.60. The van der Waals surface area contributed by atoms with Gasteiger partial charge in [0, 0.05) is 43.5 Å². The molecule has 5 rings (SSSR count). The summed E-state index contributed by atoms with van der Waals surface area (Å²) in [5, 5.41) is 21.9. The van der Waals surface area contributed by atoms with Crippen molar-refractivity contribution in [1.82, 2.24) is 24.9 Å². The Hall–Kier alpha value is -5.20. The van der Waals surface area contributed by atoms with E-state index in [9.17, 15) is 27.9 Å². The number of phenols is 1. The number of hydrogen-bond acceptors (Lipinski definition) is 8. The summed E-state index contributed by atoms with van der Waals surface area (Å²) in [6.45, 7) is 4.72. The molecule has 216 valence electrons. The highest BCUT2D eigenvalue weighted by molar-refractivity contribution is 5.95. The van der Waals surface area contributed by atoms with Gasteiger partial charge in [-0.25, -0.2) is 9.48 Å². The minimum atomic E-state index is -4.69. The Bertz CT molecular complexity index is 1610. The van der Waals surface area contributed by atoms with Gasteiger partial charge >= 0.3 is 12.1 Å². The number of piperazine rings is 1. The normalized spacial score (nSPS) is 13.6. The Morgan fingerprint density at radius 1 is 1.00 bits per heavy atom. The second-order valence-corrected chi connectivity index (χ2v) is 9.43. The van der Waals surface area contributed by atoms with Gasteiger partial charge in [-0.1, -0.05) is 24.8 Å². The minimum Gasteiger partial charge on any atom is -0.508 e. The van der Waals surface area contributed by atoms with Crippen molar-refractivity contribution in [3.63, 3.8) is 0 Å². The lowest BCUT2D eigenvalue weighted by molar-refractivity contribution is -0.137. The third kappa shape index (κ3) is 6.24. The van der Waals surface area contributed by atoms with E-state index in [1.165, 1.54) is 52.3 Å². The molecule has 0 unspecified atom stereocenters. The van der Waals surface area contributed by atoms with Crippen LogP contribution >= 0.6 is 0 Å². The number of amides is 1. The van der Waals surface area contributed by atoms with E-state index in [0.717, 1.165) is 12.1 Å². The van der Waals surface area contributed by atoms with Gasteiger partial charge in [-0.3, -0.25) is 4.79 Å². The van der Waals surface area contributed by atoms with Gasteiger partial charge in [-0.2, -0.15) is 18.3 Å². The smallest absolute Gasteiger partial charge is 0.416 e. The van der Waals surface area contributed by atoms with Crippen LogP contribution in [0.1, 0.15) is 26.4 Å². The lowest BCUT2D eigenvalue weighted by atomic mass is 10.1. The van der Waals surface area contributed by atoms with E-state index in [2.05, 4.69) is 21.9 Å². The Kier molecular flexibility index (Phi) is 7.91. The fraction of sp³-hybridized carbons (Fsp3) is 0.207. The van der Waals surface area contributed by atoms with Crippen molar-refractivity contribution in [3.05, 3.63) is 96.5 Å². The lowest BCUT2D eigenvalue weighted by Crippen LogP contribution is -2.49. The van der Waals surface area contributed by atoms with Crippen LogP contribution in [0, 0.1) is 0 Å². The lowest BCUT2D eigenvalue weighted by Gasteiger charge is -2.35. The van der Waals surface area contributed by atoms with Crippen LogP contribution in [-0.2, 0) is 10.9 Å². The quantitative estimate of drug-likeness (QED) is 0.254. The number of rotatable bonds is 7. The molecule has 2 aromatic heterocycles. The summed E-state index contributed by atoms with van der Waals surface area (Å²) in [5.74, 6) is -0.644. The number of hydrogen-bond donors (Lipinski definition) is 1. The number of esters is 1. The molecule has 1 saturated heterocycles. The number of nitrogens with zero attached hydrogens (tertiary/aromatic N) is 6. The van der Waals surface area contributed by atoms with E-state index in [-0.39, 0.29) is 42.4 Å². The SMILES string of the molecule is C=CCOC(=O)c1ccc(N2CCN(C(=O)c3cc(-n4cc(-c5cccc(O)c5)cn4)cc(C(F)(F)F)c3)CC2)nn1. The van der Waals surface area contributed by atoms with Crippen LogP contribution in [0.4, 0.5) is 19.0 Å². The Labute approximate surface area is 238 Å². The van der Waals surface area contributed by atoms with Gasteiger partial charge in [0.05, 0.1) is 17.4 Å². The molecule has 0 spiro atoms. The zero-order valence-electron chi connectivity index (χ0n) is 22.2. The molecule has 1 fully saturated rings. The predicted molar refractivity (Wildman–Crippen MR) is 146 cm³/mol. The molecule has 3 heterocycles. The summed E-state index contributed by atoms with van der Waals surface area (Å²) in [7, 11) is 0. The number of phenolic OH excluding ortho intramolecular Hbond substituents is 1. The van der Waals surface area contributed by atoms with Gasteiger partial charge < -0.3 is 19.6 Å². The van der Waals surface area contributed by atoms with Gasteiger partial charge in [-0.15, -0.1) is 10.2 Å². The van der Waals surface area contributed by atoms with Crippen molar-refractivity contribution < 1.29 is 32.6 Å². The third-order valence-electron chi connectivity index (χ3n) is 6.60. The van der Waals surface area contributed by atoms with E-state index in [4.69, 9.17) is 4.74 Å². The maximum Gasteiger partial charge on any atom is 0.416 e. The van der Waals surface area contributed by atoms with Crippen molar-refractivity contribution in [2.45, 2.75) is 6.18 Å². The van der Waals surface area contributed by atoms with E-state index >= 15 is 0 Å². The van der Waals surface area contributed by atoms with Gasteiger partial charge in [0.2, 0.25) is 0 Å². The van der Waals surface area contributed by atoms with Crippen LogP contribution in [0.25, 0.3) is 16.8 Å². The number of halogens is 3. The largest absolute Gasteiger partial charge is 0.508 e. The maximum absolute atomic E-state index is 13.8. The van der Waals surface area contributed by atoms with Crippen LogP contribution in [0.3, 0.4) is 0 Å². The summed E-state index contributed by atoms with van der Waals surface area (Å²) >= 11 is 0. The monoisotopic (exact) mass is 578 g/mol. The van der Waals surface area contributed by atoms with Crippen LogP contribution in [0.2, 0.25) is 0 Å². The first-order chi connectivity index (χ1) is 20.1. The first kappa shape index (κ1) is 28.3. The van der Waals surface area contributed by atoms with Gasteiger partial charge in [0.15, 0.2) is 11.5 Å². The van der Waals surface area contributed by atoms with Crippen molar-refractivity contribution in [3.8, 4) is 22.6 Å². The summed E-state index contributed by atoms with van der Waals surface area (Å²) in [5.41, 5.74) is 0.232. The fourth-order valence-corrected chi connectivity index (χ4v) is 4.46. The highest BCUT2D eigenvalue weighted by atomic mass is 19.4. The molecule has 1 aliphatic heterocycles. The number of aromatic hydroxyl groups is 1. The van der Waals surface area contributed by atoms with Crippen molar-refractivity contribution in [2.24, 2.45) is 0 Å². The van der Waals surface area contributed by atoms with Crippen LogP contribution in [-0.4, -0.2) is 74.6 Å². The molecule has 0 saturated carbocycles. The van der Waals surface area contributed by atoms with E-state index < -0.39 is 23.6 Å². The van der Waals surface area contributed by atoms with Gasteiger partial charge in [0.1, 0.15) is 12.4 Å². The molecule has 0 bridgehead atoms. The Morgan fingerprint density at radius 2 is 1.79 bits per heavy atom. The van der Waals surface area contributed by atoms with Crippen molar-refractivity contribution >= 4 is 17.7 Å². The van der Waals surface area contributed by atoms with Crippen LogP contribution in [0.5, 0.6) is 5.75 Å². The summed E-state index contributed by atoms with van der Waals surface area (Å²) in [6, 6.07) is 12.6. The van der Waals surface area contributed by atoms with Gasteiger partial charge in [-0.05, 0) is 48.0 Å². The number of carbonyl (C=O) groups excluding carboxylic acids is 2. The standard InChI is InChI=1S/C29H25F3N6O4/c1-2-12-42-28(41)25-6-7-26(35-34-25)36-8-10-37(11-9-36)27(40)20-13-22(29(30,31)32)16-23(14-20)38-18-21(17-33-38)19-4-3-5-24(39)15-19/h2-7,13-18,39H,1,8-12H2. The topological polar surface area (TPSA) is 114 Å². The Balaban J connectivity index is 1.32. The first-order valence-electron chi connectivity index (χ1n) is 12.8. The molecule has 10 nitrogen and oxygen atoms in total. The van der Waals surface area contributed by atoms with Crippen molar-refractivity contribution in [1.29, 1.82) is 0 Å². The number of alkyl halides is 3. The summed E-state index contributed by atoms with van der Waals surface area (Å²) < 4.78 is 47.7. The minimum absolute atomic E-state index is 0.0420. The van der Waals surface area contributed by atoms with Crippen LogP contribution in [0.15, 0.2) is 79.6 Å². The highest BCUT2D eigenvalue weighted by Gasteiger charge is 2.33.